The first-order valence-corrected chi connectivity index (χ1v) is 8.54. The number of ether oxygens (including phenoxy) is 1. The van der Waals surface area contributed by atoms with Crippen LogP contribution in [0.3, 0.4) is 0 Å². The summed E-state index contributed by atoms with van der Waals surface area (Å²) in [5.74, 6) is 1.43. The number of hydrogen-bond acceptors (Lipinski definition) is 4. The van der Waals surface area contributed by atoms with Gasteiger partial charge >= 0.3 is 0 Å². The number of aliphatic hydroxyl groups is 1. The summed E-state index contributed by atoms with van der Waals surface area (Å²) >= 11 is 0. The fourth-order valence-corrected chi connectivity index (χ4v) is 2.35. The largest absolute Gasteiger partial charge is 0.497 e. The lowest BCUT2D eigenvalue weighted by Crippen LogP contribution is -2.38. The van der Waals surface area contributed by atoms with Crippen LogP contribution in [0.1, 0.15) is 25.0 Å². The molecule has 1 aromatic heterocycles. The van der Waals surface area contributed by atoms with Gasteiger partial charge in [0.2, 0.25) is 0 Å². The van der Waals surface area contributed by atoms with Crippen molar-refractivity contribution in [1.82, 2.24) is 20.4 Å². The zero-order valence-electron chi connectivity index (χ0n) is 15.3. The van der Waals surface area contributed by atoms with Crippen molar-refractivity contribution < 1.29 is 9.84 Å². The lowest BCUT2D eigenvalue weighted by molar-refractivity contribution is 0.186. The van der Waals surface area contributed by atoms with Crippen LogP contribution in [0.5, 0.6) is 5.75 Å². The highest BCUT2D eigenvalue weighted by Crippen LogP contribution is 2.19. The summed E-state index contributed by atoms with van der Waals surface area (Å²) in [5.41, 5.74) is 0.789. The summed E-state index contributed by atoms with van der Waals surface area (Å²) in [6, 6.07) is 9.32. The molecule has 2 rings (SSSR count). The zero-order valence-corrected chi connectivity index (χ0v) is 17.6. The summed E-state index contributed by atoms with van der Waals surface area (Å²) in [4.78, 5) is 4.46. The maximum Gasteiger partial charge on any atom is 0.191 e. The summed E-state index contributed by atoms with van der Waals surface area (Å²) in [6.07, 6.45) is 3.99. The van der Waals surface area contributed by atoms with E-state index in [2.05, 4.69) is 20.7 Å². The van der Waals surface area contributed by atoms with Gasteiger partial charge in [-0.05, 0) is 37.1 Å². The third-order valence-corrected chi connectivity index (χ3v) is 3.66. The maximum absolute atomic E-state index is 10.3. The minimum Gasteiger partial charge on any atom is -0.497 e. The van der Waals surface area contributed by atoms with Crippen molar-refractivity contribution in [3.8, 4) is 5.75 Å². The van der Waals surface area contributed by atoms with E-state index in [0.29, 0.717) is 5.96 Å². The van der Waals surface area contributed by atoms with Gasteiger partial charge in [0.05, 0.1) is 19.8 Å². The number of benzene rings is 1. The quantitative estimate of drug-likeness (QED) is 0.225. The molecule has 0 amide bonds. The van der Waals surface area contributed by atoms with Crippen LogP contribution in [0.25, 0.3) is 0 Å². The van der Waals surface area contributed by atoms with Gasteiger partial charge in [-0.1, -0.05) is 12.1 Å². The third-order valence-electron chi connectivity index (χ3n) is 3.66. The van der Waals surface area contributed by atoms with E-state index in [9.17, 15) is 5.11 Å². The van der Waals surface area contributed by atoms with E-state index in [0.717, 1.165) is 37.4 Å². The molecule has 8 heteroatoms. The molecule has 0 spiro atoms. The topological polar surface area (TPSA) is 83.7 Å². The van der Waals surface area contributed by atoms with Gasteiger partial charge in [0.25, 0.3) is 0 Å². The first-order valence-electron chi connectivity index (χ1n) is 8.54. The lowest BCUT2D eigenvalue weighted by Gasteiger charge is -2.14. The molecule has 7 nitrogen and oxygen atoms in total. The first-order chi connectivity index (χ1) is 12.2. The molecule has 1 aromatic carbocycles. The molecule has 1 heterocycles. The Kier molecular flexibility index (Phi) is 10.7. The second kappa shape index (κ2) is 12.5. The molecular formula is C18H28IN5O2. The second-order valence-corrected chi connectivity index (χ2v) is 5.56. The van der Waals surface area contributed by atoms with Crippen LogP contribution in [-0.4, -0.2) is 47.6 Å². The molecule has 1 unspecified atom stereocenters. The van der Waals surface area contributed by atoms with Crippen LogP contribution in [0.15, 0.2) is 47.7 Å². The Bertz CT molecular complexity index is 649. The van der Waals surface area contributed by atoms with Crippen LogP contribution >= 0.6 is 24.0 Å². The molecule has 0 saturated carbocycles. The molecule has 0 radical (unpaired) electrons. The maximum atomic E-state index is 10.3. The fourth-order valence-electron chi connectivity index (χ4n) is 2.35. The highest BCUT2D eigenvalue weighted by molar-refractivity contribution is 14.0. The smallest absolute Gasteiger partial charge is 0.191 e. The van der Waals surface area contributed by atoms with Crippen molar-refractivity contribution >= 4 is 29.9 Å². The number of methoxy groups -OCH3 is 1. The molecule has 3 N–H and O–H groups in total. The number of aliphatic hydroxyl groups excluding tert-OH is 1. The summed E-state index contributed by atoms with van der Waals surface area (Å²) < 4.78 is 7.09. The number of nitrogens with one attached hydrogen (secondary N) is 2. The minimum atomic E-state index is -0.672. The van der Waals surface area contributed by atoms with Crippen molar-refractivity contribution in [3.05, 3.63) is 48.3 Å². The summed E-state index contributed by atoms with van der Waals surface area (Å²) in [5, 5.41) is 21.0. The minimum absolute atomic E-state index is 0. The average molecular weight is 473 g/mol. The van der Waals surface area contributed by atoms with E-state index >= 15 is 0 Å². The van der Waals surface area contributed by atoms with E-state index in [4.69, 9.17) is 4.74 Å². The summed E-state index contributed by atoms with van der Waals surface area (Å²) in [7, 11) is 1.61. The number of aliphatic imine (C=N–C) groups is 1. The van der Waals surface area contributed by atoms with Crippen molar-refractivity contribution in [1.29, 1.82) is 0 Å². The van der Waals surface area contributed by atoms with Crippen LogP contribution in [0.2, 0.25) is 0 Å². The zero-order chi connectivity index (χ0) is 17.9. The standard InChI is InChI=1S/C18H27N5O2.HI/c1-3-19-18(20-9-5-11-23-12-6-10-22-23)21-14-17(24)15-7-4-8-16(13-15)25-2;/h4,6-8,10,12-13,17,24H,3,5,9,11,14H2,1-2H3,(H2,19,20,21);1H. The molecule has 0 bridgehead atoms. The highest BCUT2D eigenvalue weighted by atomic mass is 127. The van der Waals surface area contributed by atoms with Gasteiger partial charge in [-0.2, -0.15) is 5.10 Å². The number of halogens is 1. The van der Waals surface area contributed by atoms with Crippen LogP contribution < -0.4 is 15.4 Å². The Morgan fingerprint density at radius 3 is 2.88 bits per heavy atom. The van der Waals surface area contributed by atoms with Crippen molar-refractivity contribution in [3.63, 3.8) is 0 Å². The molecule has 26 heavy (non-hydrogen) atoms. The van der Waals surface area contributed by atoms with Crippen LogP contribution in [-0.2, 0) is 6.54 Å². The molecule has 0 aliphatic heterocycles. The van der Waals surface area contributed by atoms with Gasteiger partial charge < -0.3 is 20.5 Å². The molecule has 0 aliphatic rings. The normalized spacial score (nSPS) is 12.2. The Labute approximate surface area is 171 Å². The molecule has 0 fully saturated rings. The molecule has 144 valence electrons. The predicted octanol–water partition coefficient (Wildman–Crippen LogP) is 2.19. The van der Waals surface area contributed by atoms with Crippen LogP contribution in [0, 0.1) is 0 Å². The van der Waals surface area contributed by atoms with Crippen LogP contribution in [0.4, 0.5) is 0 Å². The molecular weight excluding hydrogens is 445 g/mol. The van der Waals surface area contributed by atoms with Crippen molar-refractivity contribution in [2.75, 3.05) is 26.7 Å². The van der Waals surface area contributed by atoms with Gasteiger partial charge in [0, 0.05) is 32.0 Å². The average Bonchev–Trinajstić information content (AvgIpc) is 3.16. The van der Waals surface area contributed by atoms with Gasteiger partial charge in [-0.25, -0.2) is 0 Å². The van der Waals surface area contributed by atoms with Crippen molar-refractivity contribution in [2.45, 2.75) is 26.0 Å². The molecule has 2 aromatic rings. The number of guanidine groups is 1. The number of nitrogens with zero attached hydrogens (tertiary/aromatic N) is 3. The van der Waals surface area contributed by atoms with Gasteiger partial charge in [-0.15, -0.1) is 24.0 Å². The molecule has 1 atom stereocenters. The van der Waals surface area contributed by atoms with E-state index in [-0.39, 0.29) is 30.5 Å². The number of aryl methyl sites for hydroxylation is 1. The van der Waals surface area contributed by atoms with Gasteiger partial charge in [0.15, 0.2) is 5.96 Å². The SMILES string of the molecule is CCNC(=NCC(O)c1cccc(OC)c1)NCCCn1cccn1.I. The fraction of sp³-hybridized carbons (Fsp3) is 0.444. The van der Waals surface area contributed by atoms with E-state index in [1.54, 1.807) is 13.3 Å². The number of rotatable bonds is 9. The lowest BCUT2D eigenvalue weighted by atomic mass is 10.1. The second-order valence-electron chi connectivity index (χ2n) is 5.56. The Morgan fingerprint density at radius 1 is 1.35 bits per heavy atom. The third kappa shape index (κ3) is 7.61. The Hall–Kier alpha value is -1.81. The van der Waals surface area contributed by atoms with Gasteiger partial charge in [-0.3, -0.25) is 9.67 Å². The number of aromatic nitrogens is 2. The monoisotopic (exact) mass is 473 g/mol. The van der Waals surface area contributed by atoms with Crippen molar-refractivity contribution in [2.24, 2.45) is 4.99 Å². The summed E-state index contributed by atoms with van der Waals surface area (Å²) in [6.45, 7) is 4.69. The molecule has 0 aliphatic carbocycles. The van der Waals surface area contributed by atoms with E-state index < -0.39 is 6.10 Å². The number of hydrogen-bond donors (Lipinski definition) is 3. The predicted molar refractivity (Wildman–Crippen MR) is 114 cm³/mol. The van der Waals surface area contributed by atoms with E-state index in [1.165, 1.54) is 0 Å². The Balaban J connectivity index is 0.00000338. The molecule has 0 saturated heterocycles. The first kappa shape index (κ1) is 22.2. The highest BCUT2D eigenvalue weighted by Gasteiger charge is 2.08. The van der Waals surface area contributed by atoms with Gasteiger partial charge in [0.1, 0.15) is 5.75 Å². The Morgan fingerprint density at radius 2 is 2.19 bits per heavy atom. The van der Waals surface area contributed by atoms with E-state index in [1.807, 2.05) is 48.1 Å².